The van der Waals surface area contributed by atoms with Crippen molar-refractivity contribution in [2.75, 3.05) is 19.6 Å². The van der Waals surface area contributed by atoms with Crippen molar-refractivity contribution in [1.29, 1.82) is 0 Å². The van der Waals surface area contributed by atoms with E-state index in [0.717, 1.165) is 5.92 Å². The van der Waals surface area contributed by atoms with E-state index >= 15 is 0 Å². The van der Waals surface area contributed by atoms with Gasteiger partial charge in [-0.15, -0.1) is 0 Å². The second-order valence-corrected chi connectivity index (χ2v) is 6.80. The van der Waals surface area contributed by atoms with Gasteiger partial charge in [-0.1, -0.05) is 20.3 Å². The van der Waals surface area contributed by atoms with E-state index in [1.165, 1.54) is 58.2 Å². The highest BCUT2D eigenvalue weighted by molar-refractivity contribution is 4.83. The molecule has 1 saturated heterocycles. The smallest absolute Gasteiger partial charge is 0.00419 e. The molecule has 2 aliphatic rings. The minimum Gasteiger partial charge on any atom is -0.328 e. The number of hydrogen-bond acceptors (Lipinski definition) is 2. The van der Waals surface area contributed by atoms with Gasteiger partial charge in [0.05, 0.1) is 0 Å². The lowest BCUT2D eigenvalue weighted by molar-refractivity contribution is 0.0920. The van der Waals surface area contributed by atoms with Crippen molar-refractivity contribution < 1.29 is 0 Å². The Hall–Kier alpha value is -0.0800. The topological polar surface area (TPSA) is 29.3 Å². The predicted molar refractivity (Wildman–Crippen MR) is 69.4 cm³/mol. The number of nitrogens with two attached hydrogens (primary N) is 1. The van der Waals surface area contributed by atoms with Gasteiger partial charge in [-0.2, -0.15) is 0 Å². The second-order valence-electron chi connectivity index (χ2n) is 6.80. The largest absolute Gasteiger partial charge is 0.328 e. The van der Waals surface area contributed by atoms with Gasteiger partial charge in [0.2, 0.25) is 0 Å². The Bertz CT molecular complexity index is 225. The molecule has 2 fully saturated rings. The standard InChI is InChI=1S/C14H28N2/c1-14(2)7-4-8-16(11-14)10-12-5-3-6-13(15)9-12/h12-13H,3-11,15H2,1-2H3. The highest BCUT2D eigenvalue weighted by Crippen LogP contribution is 2.31. The van der Waals surface area contributed by atoms with Crippen molar-refractivity contribution in [3.8, 4) is 0 Å². The van der Waals surface area contributed by atoms with Crippen LogP contribution in [0.4, 0.5) is 0 Å². The summed E-state index contributed by atoms with van der Waals surface area (Å²) in [6.07, 6.45) is 8.05. The fraction of sp³-hybridized carbons (Fsp3) is 1.00. The normalized spacial score (nSPS) is 36.2. The SMILES string of the molecule is CC1(C)CCCN(CC2CCCC(N)C2)C1. The molecule has 2 rings (SSSR count). The molecule has 0 amide bonds. The van der Waals surface area contributed by atoms with E-state index in [0.29, 0.717) is 11.5 Å². The third-order valence-electron chi connectivity index (χ3n) is 4.32. The predicted octanol–water partition coefficient (Wildman–Crippen LogP) is 2.63. The highest BCUT2D eigenvalue weighted by Gasteiger charge is 2.28. The van der Waals surface area contributed by atoms with Crippen LogP contribution in [0.25, 0.3) is 0 Å². The number of rotatable bonds is 2. The van der Waals surface area contributed by atoms with Gasteiger partial charge in [-0.25, -0.2) is 0 Å². The molecule has 16 heavy (non-hydrogen) atoms. The zero-order valence-corrected chi connectivity index (χ0v) is 11.0. The molecular formula is C14H28N2. The summed E-state index contributed by atoms with van der Waals surface area (Å²) in [4.78, 5) is 2.69. The molecule has 1 aliphatic heterocycles. The van der Waals surface area contributed by atoms with E-state index in [4.69, 9.17) is 5.73 Å². The Morgan fingerprint density at radius 3 is 2.75 bits per heavy atom. The maximum Gasteiger partial charge on any atom is 0.00419 e. The number of hydrogen-bond donors (Lipinski definition) is 1. The molecule has 0 aromatic carbocycles. The number of likely N-dealkylation sites (tertiary alicyclic amines) is 1. The van der Waals surface area contributed by atoms with Crippen molar-refractivity contribution in [3.05, 3.63) is 0 Å². The van der Waals surface area contributed by atoms with Crippen LogP contribution < -0.4 is 5.73 Å². The third-order valence-corrected chi connectivity index (χ3v) is 4.32. The first-order valence-corrected chi connectivity index (χ1v) is 7.03. The van der Waals surface area contributed by atoms with Gasteiger partial charge < -0.3 is 10.6 Å². The van der Waals surface area contributed by atoms with Crippen LogP contribution in [0, 0.1) is 11.3 Å². The molecule has 1 aliphatic carbocycles. The first-order valence-electron chi connectivity index (χ1n) is 7.03. The Labute approximate surface area is 101 Å². The zero-order valence-electron chi connectivity index (χ0n) is 11.0. The molecular weight excluding hydrogens is 196 g/mol. The van der Waals surface area contributed by atoms with E-state index in [-0.39, 0.29) is 0 Å². The summed E-state index contributed by atoms with van der Waals surface area (Å²) in [5, 5.41) is 0. The van der Waals surface area contributed by atoms with E-state index in [1.807, 2.05) is 0 Å². The van der Waals surface area contributed by atoms with Crippen LogP contribution in [0.2, 0.25) is 0 Å². The first-order chi connectivity index (χ1) is 7.55. The lowest BCUT2D eigenvalue weighted by Gasteiger charge is -2.40. The summed E-state index contributed by atoms with van der Waals surface area (Å²) in [7, 11) is 0. The maximum absolute atomic E-state index is 6.07. The lowest BCUT2D eigenvalue weighted by Crippen LogP contribution is -2.43. The quantitative estimate of drug-likeness (QED) is 0.781. The van der Waals surface area contributed by atoms with Gasteiger partial charge in [0.1, 0.15) is 0 Å². The average Bonchev–Trinajstić information content (AvgIpc) is 2.15. The molecule has 2 unspecified atom stereocenters. The van der Waals surface area contributed by atoms with Crippen molar-refractivity contribution in [1.82, 2.24) is 4.90 Å². The minimum absolute atomic E-state index is 0.483. The number of nitrogens with zero attached hydrogens (tertiary/aromatic N) is 1. The van der Waals surface area contributed by atoms with Gasteiger partial charge in [0.25, 0.3) is 0 Å². The van der Waals surface area contributed by atoms with Crippen molar-refractivity contribution >= 4 is 0 Å². The third kappa shape index (κ3) is 3.46. The fourth-order valence-electron chi connectivity index (χ4n) is 3.56. The van der Waals surface area contributed by atoms with Gasteiger partial charge in [-0.05, 0) is 50.0 Å². The molecule has 1 saturated carbocycles. The summed E-state index contributed by atoms with van der Waals surface area (Å²) in [5.74, 6) is 0.873. The van der Waals surface area contributed by atoms with E-state index in [1.54, 1.807) is 0 Å². The molecule has 1 heterocycles. The second kappa shape index (κ2) is 5.05. The molecule has 2 N–H and O–H groups in total. The van der Waals surface area contributed by atoms with E-state index in [2.05, 4.69) is 18.7 Å². The van der Waals surface area contributed by atoms with Gasteiger partial charge in [0.15, 0.2) is 0 Å². The van der Waals surface area contributed by atoms with E-state index < -0.39 is 0 Å². The number of piperidine rings is 1. The van der Waals surface area contributed by atoms with Crippen molar-refractivity contribution in [2.45, 2.75) is 58.4 Å². The Morgan fingerprint density at radius 2 is 2.06 bits per heavy atom. The van der Waals surface area contributed by atoms with Crippen LogP contribution in [0.15, 0.2) is 0 Å². The van der Waals surface area contributed by atoms with Crippen LogP contribution >= 0.6 is 0 Å². The molecule has 2 heteroatoms. The van der Waals surface area contributed by atoms with Crippen LogP contribution in [-0.2, 0) is 0 Å². The summed E-state index contributed by atoms with van der Waals surface area (Å²) in [5.41, 5.74) is 6.60. The van der Waals surface area contributed by atoms with E-state index in [9.17, 15) is 0 Å². The van der Waals surface area contributed by atoms with Crippen LogP contribution in [0.5, 0.6) is 0 Å². The summed E-state index contributed by atoms with van der Waals surface area (Å²) >= 11 is 0. The van der Waals surface area contributed by atoms with Crippen LogP contribution in [0.1, 0.15) is 52.4 Å². The van der Waals surface area contributed by atoms with Gasteiger partial charge in [-0.3, -0.25) is 0 Å². The Balaban J connectivity index is 1.80. The maximum atomic E-state index is 6.07. The van der Waals surface area contributed by atoms with Crippen LogP contribution in [0.3, 0.4) is 0 Å². The lowest BCUT2D eigenvalue weighted by atomic mass is 9.82. The molecule has 94 valence electrons. The molecule has 2 nitrogen and oxygen atoms in total. The zero-order chi connectivity index (χ0) is 11.6. The monoisotopic (exact) mass is 224 g/mol. The summed E-state index contributed by atoms with van der Waals surface area (Å²) < 4.78 is 0. The molecule has 0 radical (unpaired) electrons. The van der Waals surface area contributed by atoms with Gasteiger partial charge in [0, 0.05) is 19.1 Å². The average molecular weight is 224 g/mol. The molecule has 0 aromatic rings. The molecule has 2 atom stereocenters. The highest BCUT2D eigenvalue weighted by atomic mass is 15.1. The van der Waals surface area contributed by atoms with Crippen molar-refractivity contribution in [2.24, 2.45) is 17.1 Å². The first kappa shape index (κ1) is 12.4. The Morgan fingerprint density at radius 1 is 1.25 bits per heavy atom. The summed E-state index contributed by atoms with van der Waals surface area (Å²) in [6.45, 7) is 8.72. The minimum atomic E-state index is 0.483. The summed E-state index contributed by atoms with van der Waals surface area (Å²) in [6, 6.07) is 0.483. The molecule has 0 aromatic heterocycles. The Kier molecular flexibility index (Phi) is 3.91. The molecule has 0 bridgehead atoms. The van der Waals surface area contributed by atoms with Gasteiger partial charge >= 0.3 is 0 Å². The fourth-order valence-corrected chi connectivity index (χ4v) is 3.56. The van der Waals surface area contributed by atoms with Crippen molar-refractivity contribution in [3.63, 3.8) is 0 Å². The van der Waals surface area contributed by atoms with Crippen LogP contribution in [-0.4, -0.2) is 30.6 Å². The molecule has 0 spiro atoms.